The Hall–Kier alpha value is -3.71. The van der Waals surface area contributed by atoms with E-state index in [9.17, 15) is 27.8 Å². The fourth-order valence-electron chi connectivity index (χ4n) is 5.29. The van der Waals surface area contributed by atoms with E-state index in [0.29, 0.717) is 0 Å². The zero-order valence-electron chi connectivity index (χ0n) is 22.4. The van der Waals surface area contributed by atoms with Crippen molar-refractivity contribution in [3.8, 4) is 0 Å². The number of hydrogen-bond acceptors (Lipinski definition) is 17. The number of aliphatic hydroxyl groups is 1. The van der Waals surface area contributed by atoms with E-state index < -0.39 is 86.0 Å². The molecule has 45 heavy (non-hydrogen) atoms. The van der Waals surface area contributed by atoms with E-state index in [4.69, 9.17) is 34.2 Å². The minimum absolute atomic E-state index is 0.00785. The number of nitrogen functional groups attached to an aromatic ring is 2. The highest BCUT2D eigenvalue weighted by Crippen LogP contribution is 2.50. The molecule has 3 aliphatic rings. The summed E-state index contributed by atoms with van der Waals surface area (Å²) in [6.07, 6.45) is -10.4. The highest BCUT2D eigenvalue weighted by atomic mass is 32.2. The number of aliphatic hydroxyl groups excluding tert-OH is 1. The van der Waals surface area contributed by atoms with E-state index >= 15 is 4.39 Å². The number of hydrogen-bond donors (Lipinski definition) is 6. The van der Waals surface area contributed by atoms with Crippen molar-refractivity contribution in [2.24, 2.45) is 0 Å². The molecule has 9 unspecified atom stereocenters. The van der Waals surface area contributed by atoms with Gasteiger partial charge in [0.2, 0.25) is 5.95 Å². The number of imidazole rings is 2. The number of nitrogens with zero attached hydrogens (tertiary/aromatic N) is 7. The summed E-state index contributed by atoms with van der Waals surface area (Å²) in [5.74, 6) is -0.299. The first kappa shape index (κ1) is 30.0. The molecule has 7 rings (SSSR count). The number of alkyl halides is 1. The van der Waals surface area contributed by atoms with Crippen LogP contribution in [-0.2, 0) is 37.6 Å². The molecule has 2 bridgehead atoms. The van der Waals surface area contributed by atoms with E-state index in [-0.39, 0.29) is 34.1 Å². The third kappa shape index (κ3) is 5.23. The van der Waals surface area contributed by atoms with Gasteiger partial charge in [-0.1, -0.05) is 0 Å². The summed E-state index contributed by atoms with van der Waals surface area (Å²) in [5.41, 5.74) is 10.6. The molecule has 0 saturated carbocycles. The van der Waals surface area contributed by atoms with Crippen LogP contribution in [0.3, 0.4) is 0 Å². The van der Waals surface area contributed by atoms with Gasteiger partial charge in [0.1, 0.15) is 42.4 Å². The highest BCUT2D eigenvalue weighted by molar-refractivity contribution is 7.84. The van der Waals surface area contributed by atoms with Crippen LogP contribution in [0.15, 0.2) is 23.8 Å². The largest absolute Gasteiger partial charge is 0.472 e. The minimum Gasteiger partial charge on any atom is -0.387 e. The number of rotatable bonds is 2. The first-order valence-electron chi connectivity index (χ1n) is 12.9. The predicted octanol–water partition coefficient (Wildman–Crippen LogP) is -2.65. The molecule has 8 N–H and O–H groups in total. The second-order valence-electron chi connectivity index (χ2n) is 10.1. The van der Waals surface area contributed by atoms with Crippen molar-refractivity contribution in [2.75, 3.05) is 24.6 Å². The molecule has 0 amide bonds. The molecule has 25 heteroatoms. The standard InChI is InChI=1S/C20H23FN11O11PS/c21-8-12-7(41-18(8)31-4-26-9-14(22)24-3-25-15(9)31)2-39-44(35,36)42-13-11(33)6(1-28-45(37,38)43-12)40-19(13)32-5-27-10-16(32)29-20(23)30-17(10)34/h3-8,11-13,18-19,28,33H,1-2H2,(H,35,36)(H2,22,24,25)(H3,23,29,30,34). The van der Waals surface area contributed by atoms with Gasteiger partial charge in [0.05, 0.1) is 19.3 Å². The predicted molar refractivity (Wildman–Crippen MR) is 143 cm³/mol. The molecule has 3 saturated heterocycles. The molecule has 4 aromatic heterocycles. The number of H-pyrrole nitrogens is 1. The fraction of sp³-hybridized carbons (Fsp3) is 0.500. The first-order chi connectivity index (χ1) is 21.3. The molecule has 0 spiro atoms. The van der Waals surface area contributed by atoms with Crippen LogP contribution in [0.2, 0.25) is 0 Å². The summed E-state index contributed by atoms with van der Waals surface area (Å²) in [7, 11) is -9.95. The van der Waals surface area contributed by atoms with Crippen molar-refractivity contribution in [1.29, 1.82) is 0 Å². The molecule has 0 aromatic carbocycles. The van der Waals surface area contributed by atoms with E-state index in [2.05, 4.69) is 34.6 Å². The third-order valence-corrected chi connectivity index (χ3v) is 9.30. The summed E-state index contributed by atoms with van der Waals surface area (Å²) in [6, 6.07) is 0. The Kier molecular flexibility index (Phi) is 7.12. The molecule has 242 valence electrons. The van der Waals surface area contributed by atoms with Gasteiger partial charge in [0.25, 0.3) is 5.56 Å². The normalized spacial score (nSPS) is 35.5. The summed E-state index contributed by atoms with van der Waals surface area (Å²) >= 11 is 0. The summed E-state index contributed by atoms with van der Waals surface area (Å²) < 4.78 is 86.2. The number of aromatic nitrogens is 8. The van der Waals surface area contributed by atoms with Gasteiger partial charge >= 0.3 is 18.1 Å². The first-order valence-corrected chi connectivity index (χ1v) is 15.8. The van der Waals surface area contributed by atoms with Crippen LogP contribution in [0.5, 0.6) is 0 Å². The summed E-state index contributed by atoms with van der Waals surface area (Å²) in [4.78, 5) is 45.0. The van der Waals surface area contributed by atoms with E-state index in [1.165, 1.54) is 0 Å². The number of phosphoric acid groups is 1. The number of nitrogens with one attached hydrogen (secondary N) is 2. The maximum absolute atomic E-state index is 15.9. The Morgan fingerprint density at radius 2 is 1.73 bits per heavy atom. The monoisotopic (exact) mass is 675 g/mol. The summed E-state index contributed by atoms with van der Waals surface area (Å²) in [6.45, 7) is -1.60. The lowest BCUT2D eigenvalue weighted by molar-refractivity contribution is -0.0560. The van der Waals surface area contributed by atoms with Crippen LogP contribution in [0.25, 0.3) is 22.3 Å². The summed E-state index contributed by atoms with van der Waals surface area (Å²) in [5, 5.41) is 11.0. The number of nitrogens with two attached hydrogens (primary N) is 2. The van der Waals surface area contributed by atoms with Crippen molar-refractivity contribution in [3.05, 3.63) is 29.3 Å². The van der Waals surface area contributed by atoms with Crippen LogP contribution in [0.4, 0.5) is 16.2 Å². The van der Waals surface area contributed by atoms with Gasteiger partial charge in [-0.05, 0) is 0 Å². The van der Waals surface area contributed by atoms with E-state index in [1.54, 1.807) is 0 Å². The second kappa shape index (κ2) is 10.7. The Bertz CT molecular complexity index is 2010. The molecule has 0 aliphatic carbocycles. The van der Waals surface area contributed by atoms with Crippen molar-refractivity contribution >= 4 is 52.2 Å². The van der Waals surface area contributed by atoms with Gasteiger partial charge in [-0.15, -0.1) is 0 Å². The molecule has 3 fully saturated rings. The molecule has 0 radical (unpaired) electrons. The maximum atomic E-state index is 15.9. The number of fused-ring (bicyclic) bond motifs is 5. The van der Waals surface area contributed by atoms with Gasteiger partial charge in [-0.3, -0.25) is 28.0 Å². The third-order valence-electron chi connectivity index (χ3n) is 7.32. The van der Waals surface area contributed by atoms with Gasteiger partial charge in [-0.25, -0.2) is 33.1 Å². The molecule has 4 aromatic rings. The number of aromatic amines is 1. The minimum atomic E-state index is -5.15. The van der Waals surface area contributed by atoms with Crippen molar-refractivity contribution in [2.45, 2.75) is 49.1 Å². The smallest absolute Gasteiger partial charge is 0.387 e. The van der Waals surface area contributed by atoms with Crippen molar-refractivity contribution in [1.82, 2.24) is 43.8 Å². The topological polar surface area (TPSA) is 309 Å². The second-order valence-corrected chi connectivity index (χ2v) is 12.9. The van der Waals surface area contributed by atoms with Gasteiger partial charge < -0.3 is 30.9 Å². The van der Waals surface area contributed by atoms with Crippen LogP contribution in [-0.4, -0.2) is 107 Å². The maximum Gasteiger partial charge on any atom is 0.472 e. The highest BCUT2D eigenvalue weighted by Gasteiger charge is 2.53. The Labute approximate surface area is 249 Å². The number of ether oxygens (including phenoxy) is 2. The van der Waals surface area contributed by atoms with Crippen LogP contribution in [0.1, 0.15) is 12.5 Å². The zero-order valence-corrected chi connectivity index (χ0v) is 24.1. The molecular formula is C20H23FN11O11PS. The zero-order chi connectivity index (χ0) is 31.8. The lowest BCUT2D eigenvalue weighted by Gasteiger charge is -2.25. The van der Waals surface area contributed by atoms with E-state index in [0.717, 1.165) is 28.1 Å². The lowest BCUT2D eigenvalue weighted by Crippen LogP contribution is -2.43. The number of phosphoric ester groups is 1. The van der Waals surface area contributed by atoms with Crippen LogP contribution in [0, 0.1) is 0 Å². The molecule has 3 aliphatic heterocycles. The van der Waals surface area contributed by atoms with Gasteiger partial charge in [0, 0.05) is 6.54 Å². The quantitative estimate of drug-likeness (QED) is 0.118. The Morgan fingerprint density at radius 1 is 1.02 bits per heavy atom. The van der Waals surface area contributed by atoms with Gasteiger partial charge in [0.15, 0.2) is 41.3 Å². The Morgan fingerprint density at radius 3 is 2.51 bits per heavy atom. The molecule has 22 nitrogen and oxygen atoms in total. The number of halogens is 1. The van der Waals surface area contributed by atoms with Crippen LogP contribution < -0.4 is 21.7 Å². The fourth-order valence-corrected chi connectivity index (χ4v) is 7.19. The van der Waals surface area contributed by atoms with Gasteiger partial charge in [-0.2, -0.15) is 18.1 Å². The SMILES string of the molecule is Nc1nc2c(ncn2C2OC3CNS(=O)(=O)OC4C(COP(=O)(O)OC2C3O)OC(n2cnc3c(N)ncnc32)C4F)c(=O)[nH]1. The van der Waals surface area contributed by atoms with E-state index in [1.807, 2.05) is 0 Å². The number of anilines is 2. The van der Waals surface area contributed by atoms with Crippen LogP contribution >= 0.6 is 7.82 Å². The van der Waals surface area contributed by atoms with Crippen molar-refractivity contribution < 1.29 is 50.1 Å². The molecular weight excluding hydrogens is 652 g/mol. The molecule has 9 atom stereocenters. The lowest BCUT2D eigenvalue weighted by atomic mass is 10.1. The molecule has 7 heterocycles. The Balaban J connectivity index is 1.21. The average Bonchev–Trinajstić information content (AvgIpc) is 3.72. The van der Waals surface area contributed by atoms with Crippen molar-refractivity contribution in [3.63, 3.8) is 0 Å². The average molecular weight is 676 g/mol.